The van der Waals surface area contributed by atoms with Crippen molar-refractivity contribution < 1.29 is 9.59 Å². The first kappa shape index (κ1) is 24.6. The van der Waals surface area contributed by atoms with E-state index in [4.69, 9.17) is 0 Å². The number of amides is 2. The average molecular weight is 471 g/mol. The number of pyridine rings is 1. The first-order valence-corrected chi connectivity index (χ1v) is 12.3. The number of rotatable bonds is 9. The third kappa shape index (κ3) is 6.76. The summed E-state index contributed by atoms with van der Waals surface area (Å²) in [4.78, 5) is 34.2. The minimum Gasteiger partial charge on any atom is -0.349 e. The number of carbonyl (C=O) groups is 2. The minimum atomic E-state index is -0.0309. The van der Waals surface area contributed by atoms with Crippen LogP contribution in [0.1, 0.15) is 52.0 Å². The smallest absolute Gasteiger partial charge is 0.254 e. The molecule has 182 valence electrons. The fourth-order valence-electron chi connectivity index (χ4n) is 4.48. The molecule has 0 saturated heterocycles. The van der Waals surface area contributed by atoms with Crippen LogP contribution in [-0.4, -0.2) is 59.8 Å². The lowest BCUT2D eigenvalue weighted by atomic mass is 10.0. The molecule has 6 heteroatoms. The molecule has 0 aliphatic heterocycles. The summed E-state index contributed by atoms with van der Waals surface area (Å²) in [6.07, 6.45) is 7.99. The summed E-state index contributed by atoms with van der Waals surface area (Å²) < 4.78 is 0. The Morgan fingerprint density at radius 1 is 0.886 bits per heavy atom. The fraction of sp³-hybridized carbons (Fsp3) is 0.345. The van der Waals surface area contributed by atoms with Crippen LogP contribution in [0.2, 0.25) is 0 Å². The topological polar surface area (TPSA) is 65.5 Å². The van der Waals surface area contributed by atoms with Gasteiger partial charge in [0, 0.05) is 49.2 Å². The van der Waals surface area contributed by atoms with Crippen molar-refractivity contribution in [2.24, 2.45) is 0 Å². The Bertz CT molecular complexity index is 1120. The number of nitrogens with one attached hydrogen (secondary N) is 1. The number of likely N-dealkylation sites (N-methyl/N-ethyl adjacent to an activating group) is 1. The van der Waals surface area contributed by atoms with Crippen molar-refractivity contribution in [2.45, 2.75) is 38.3 Å². The average Bonchev–Trinajstić information content (AvgIpc) is 3.40. The van der Waals surface area contributed by atoms with E-state index in [0.717, 1.165) is 36.1 Å². The molecule has 1 saturated carbocycles. The molecule has 1 aliphatic carbocycles. The van der Waals surface area contributed by atoms with E-state index < -0.39 is 0 Å². The van der Waals surface area contributed by atoms with Crippen LogP contribution in [0, 0.1) is 0 Å². The van der Waals surface area contributed by atoms with Crippen LogP contribution in [0.5, 0.6) is 0 Å². The summed E-state index contributed by atoms with van der Waals surface area (Å²) in [5.74, 6) is -0.0504. The molecule has 3 aromatic rings. The molecule has 1 aromatic heterocycles. The Labute approximate surface area is 208 Å². The van der Waals surface area contributed by atoms with Gasteiger partial charge < -0.3 is 15.1 Å². The van der Waals surface area contributed by atoms with Gasteiger partial charge in [-0.2, -0.15) is 0 Å². The molecule has 0 unspecified atom stereocenters. The highest BCUT2D eigenvalue weighted by atomic mass is 16.2. The number of nitrogens with zero attached hydrogens (tertiary/aromatic N) is 3. The van der Waals surface area contributed by atoms with E-state index in [2.05, 4.69) is 15.2 Å². The molecular weight excluding hydrogens is 436 g/mol. The molecule has 6 nitrogen and oxygen atoms in total. The highest BCUT2D eigenvalue weighted by Crippen LogP contribution is 2.21. The van der Waals surface area contributed by atoms with Crippen LogP contribution >= 0.6 is 0 Å². The number of hydrogen-bond acceptors (Lipinski definition) is 4. The van der Waals surface area contributed by atoms with Crippen LogP contribution in [0.4, 0.5) is 0 Å². The summed E-state index contributed by atoms with van der Waals surface area (Å²) >= 11 is 0. The van der Waals surface area contributed by atoms with Crippen LogP contribution in [0.3, 0.4) is 0 Å². The van der Waals surface area contributed by atoms with Crippen molar-refractivity contribution in [3.05, 3.63) is 89.7 Å². The Morgan fingerprint density at radius 3 is 2.26 bits per heavy atom. The molecule has 0 spiro atoms. The van der Waals surface area contributed by atoms with Gasteiger partial charge in [-0.15, -0.1) is 0 Å². The van der Waals surface area contributed by atoms with Gasteiger partial charge in [0.25, 0.3) is 11.8 Å². The molecule has 2 aromatic carbocycles. The summed E-state index contributed by atoms with van der Waals surface area (Å²) in [5, 5.41) is 3.15. The van der Waals surface area contributed by atoms with Gasteiger partial charge in [-0.3, -0.25) is 14.6 Å². The van der Waals surface area contributed by atoms with E-state index in [9.17, 15) is 9.59 Å². The number of benzene rings is 2. The first-order valence-electron chi connectivity index (χ1n) is 12.3. The normalized spacial score (nSPS) is 13.7. The molecule has 1 aliphatic rings. The van der Waals surface area contributed by atoms with Crippen LogP contribution < -0.4 is 5.32 Å². The van der Waals surface area contributed by atoms with Gasteiger partial charge in [0.05, 0.1) is 0 Å². The Balaban J connectivity index is 1.49. The maximum Gasteiger partial charge on any atom is 0.254 e. The molecular formula is C29H34N4O2. The minimum absolute atomic E-state index is 0.0195. The van der Waals surface area contributed by atoms with Crippen LogP contribution in [-0.2, 0) is 6.54 Å². The highest BCUT2D eigenvalue weighted by Gasteiger charge is 2.20. The predicted molar refractivity (Wildman–Crippen MR) is 139 cm³/mol. The second-order valence-electron chi connectivity index (χ2n) is 9.50. The monoisotopic (exact) mass is 470 g/mol. The van der Waals surface area contributed by atoms with Crippen molar-refractivity contribution in [3.8, 4) is 11.1 Å². The van der Waals surface area contributed by atoms with Gasteiger partial charge in [-0.25, -0.2) is 0 Å². The largest absolute Gasteiger partial charge is 0.349 e. The quantitative estimate of drug-likeness (QED) is 0.495. The van der Waals surface area contributed by atoms with Crippen molar-refractivity contribution in [1.29, 1.82) is 0 Å². The molecule has 1 fully saturated rings. The summed E-state index contributed by atoms with van der Waals surface area (Å²) in [5.41, 5.74) is 4.36. The summed E-state index contributed by atoms with van der Waals surface area (Å²) in [6, 6.07) is 19.5. The standard InChI is InChI=1S/C29H34N4O2/c1-32(2)18-19-33(29(35)25-12-10-23(11-13-25)24-14-16-30-17-15-24)21-22-6-5-7-26(20-22)28(34)31-27-8-3-4-9-27/h5-7,10-17,20,27H,3-4,8-9,18-19,21H2,1-2H3,(H,31,34). The third-order valence-electron chi connectivity index (χ3n) is 6.50. The maximum atomic E-state index is 13.5. The molecule has 35 heavy (non-hydrogen) atoms. The van der Waals surface area contributed by atoms with Gasteiger partial charge in [-0.1, -0.05) is 37.1 Å². The number of hydrogen-bond donors (Lipinski definition) is 1. The van der Waals surface area contributed by atoms with Crippen molar-refractivity contribution in [1.82, 2.24) is 20.1 Å². The fourth-order valence-corrected chi connectivity index (χ4v) is 4.48. The lowest BCUT2D eigenvalue weighted by Gasteiger charge is -2.25. The maximum absolute atomic E-state index is 13.5. The van der Waals surface area contributed by atoms with Crippen molar-refractivity contribution >= 4 is 11.8 Å². The van der Waals surface area contributed by atoms with Gasteiger partial charge in [-0.05, 0) is 80.0 Å². The van der Waals surface area contributed by atoms with E-state index in [-0.39, 0.29) is 17.9 Å². The van der Waals surface area contributed by atoms with Gasteiger partial charge >= 0.3 is 0 Å². The molecule has 0 atom stereocenters. The second-order valence-corrected chi connectivity index (χ2v) is 9.50. The second kappa shape index (κ2) is 11.8. The SMILES string of the molecule is CN(C)CCN(Cc1cccc(C(=O)NC2CCCC2)c1)C(=O)c1ccc(-c2ccncc2)cc1. The Kier molecular flexibility index (Phi) is 8.27. The Morgan fingerprint density at radius 2 is 1.57 bits per heavy atom. The van der Waals surface area contributed by atoms with Crippen LogP contribution in [0.25, 0.3) is 11.1 Å². The van der Waals surface area contributed by atoms with E-state index in [0.29, 0.717) is 24.2 Å². The van der Waals surface area contributed by atoms with E-state index >= 15 is 0 Å². The van der Waals surface area contributed by atoms with E-state index in [1.165, 1.54) is 12.8 Å². The molecule has 2 amide bonds. The third-order valence-corrected chi connectivity index (χ3v) is 6.50. The van der Waals surface area contributed by atoms with Crippen molar-refractivity contribution in [2.75, 3.05) is 27.2 Å². The predicted octanol–water partition coefficient (Wildman–Crippen LogP) is 4.63. The lowest BCUT2D eigenvalue weighted by molar-refractivity contribution is 0.0732. The van der Waals surface area contributed by atoms with Crippen molar-refractivity contribution in [3.63, 3.8) is 0 Å². The highest BCUT2D eigenvalue weighted by molar-refractivity contribution is 5.95. The van der Waals surface area contributed by atoms with Gasteiger partial charge in [0.15, 0.2) is 0 Å². The number of aromatic nitrogens is 1. The number of carbonyl (C=O) groups excluding carboxylic acids is 2. The zero-order valence-electron chi connectivity index (χ0n) is 20.6. The first-order chi connectivity index (χ1) is 17.0. The lowest BCUT2D eigenvalue weighted by Crippen LogP contribution is -2.36. The summed E-state index contributed by atoms with van der Waals surface area (Å²) in [6.45, 7) is 1.79. The van der Waals surface area contributed by atoms with Crippen LogP contribution in [0.15, 0.2) is 73.1 Å². The van der Waals surface area contributed by atoms with Gasteiger partial charge in [0.2, 0.25) is 0 Å². The zero-order chi connectivity index (χ0) is 24.6. The Hall–Kier alpha value is -3.51. The molecule has 0 bridgehead atoms. The molecule has 4 rings (SSSR count). The molecule has 1 N–H and O–H groups in total. The molecule has 0 radical (unpaired) electrons. The van der Waals surface area contributed by atoms with Gasteiger partial charge in [0.1, 0.15) is 0 Å². The molecule has 1 heterocycles. The van der Waals surface area contributed by atoms with E-state index in [1.807, 2.05) is 79.7 Å². The zero-order valence-corrected chi connectivity index (χ0v) is 20.6. The van der Waals surface area contributed by atoms with E-state index in [1.54, 1.807) is 12.4 Å². The summed E-state index contributed by atoms with van der Waals surface area (Å²) in [7, 11) is 4.00.